The Bertz CT molecular complexity index is 102. The molecule has 2 heteroatoms. The number of hydrogen-bond acceptors (Lipinski definition) is 2. The molecule has 0 bridgehead atoms. The summed E-state index contributed by atoms with van der Waals surface area (Å²) >= 11 is 0. The predicted molar refractivity (Wildman–Crippen MR) is 60.0 cm³/mol. The molecule has 0 amide bonds. The van der Waals surface area contributed by atoms with Crippen LogP contribution < -0.4 is 10.6 Å². The van der Waals surface area contributed by atoms with Gasteiger partial charge in [-0.3, -0.25) is 0 Å². The Balaban J connectivity index is 3.45. The molecule has 0 fully saturated rings. The van der Waals surface area contributed by atoms with Crippen molar-refractivity contribution in [1.29, 1.82) is 0 Å². The Hall–Kier alpha value is -0.0800. The summed E-state index contributed by atoms with van der Waals surface area (Å²) in [6.45, 7) is 10.2. The van der Waals surface area contributed by atoms with Crippen LogP contribution in [-0.2, 0) is 0 Å². The van der Waals surface area contributed by atoms with Crippen molar-refractivity contribution in [2.45, 2.75) is 33.6 Å². The highest BCUT2D eigenvalue weighted by molar-refractivity contribution is 4.65. The van der Waals surface area contributed by atoms with Crippen molar-refractivity contribution >= 4 is 0 Å². The Morgan fingerprint density at radius 2 is 1.92 bits per heavy atom. The maximum absolute atomic E-state index is 3.36. The van der Waals surface area contributed by atoms with E-state index in [-0.39, 0.29) is 0 Å². The van der Waals surface area contributed by atoms with E-state index in [1.54, 1.807) is 0 Å². The second kappa shape index (κ2) is 8.52. The van der Waals surface area contributed by atoms with E-state index in [4.69, 9.17) is 0 Å². The van der Waals surface area contributed by atoms with E-state index in [1.165, 1.54) is 19.4 Å². The van der Waals surface area contributed by atoms with E-state index in [2.05, 4.69) is 31.4 Å². The van der Waals surface area contributed by atoms with Crippen molar-refractivity contribution < 1.29 is 0 Å². The Kier molecular flexibility index (Phi) is 8.46. The summed E-state index contributed by atoms with van der Waals surface area (Å²) in [5.74, 6) is 1.64. The van der Waals surface area contributed by atoms with E-state index < -0.39 is 0 Å². The molecule has 0 saturated carbocycles. The van der Waals surface area contributed by atoms with Crippen LogP contribution in [0, 0.1) is 11.8 Å². The minimum Gasteiger partial charge on any atom is -0.319 e. The van der Waals surface area contributed by atoms with Gasteiger partial charge in [-0.1, -0.05) is 20.8 Å². The van der Waals surface area contributed by atoms with Gasteiger partial charge in [-0.05, 0) is 51.4 Å². The lowest BCUT2D eigenvalue weighted by Gasteiger charge is -2.20. The van der Waals surface area contributed by atoms with Crippen LogP contribution in [0.25, 0.3) is 0 Å². The van der Waals surface area contributed by atoms with Crippen LogP contribution in [0.4, 0.5) is 0 Å². The number of nitrogens with one attached hydrogen (secondary N) is 2. The molecule has 0 aliphatic heterocycles. The van der Waals surface area contributed by atoms with Crippen LogP contribution in [0.2, 0.25) is 0 Å². The van der Waals surface area contributed by atoms with Crippen molar-refractivity contribution in [2.24, 2.45) is 11.8 Å². The summed E-state index contributed by atoms with van der Waals surface area (Å²) in [5.41, 5.74) is 0. The summed E-state index contributed by atoms with van der Waals surface area (Å²) in [5, 5.41) is 6.63. The largest absolute Gasteiger partial charge is 0.319 e. The molecule has 0 aliphatic carbocycles. The van der Waals surface area contributed by atoms with Gasteiger partial charge < -0.3 is 10.6 Å². The van der Waals surface area contributed by atoms with Gasteiger partial charge in [0.25, 0.3) is 0 Å². The van der Waals surface area contributed by atoms with Crippen LogP contribution in [-0.4, -0.2) is 26.7 Å². The molecule has 13 heavy (non-hydrogen) atoms. The summed E-state index contributed by atoms with van der Waals surface area (Å²) in [4.78, 5) is 0. The summed E-state index contributed by atoms with van der Waals surface area (Å²) in [6, 6.07) is 0. The lowest BCUT2D eigenvalue weighted by molar-refractivity contribution is 0.339. The third-order valence-electron chi connectivity index (χ3n) is 2.59. The van der Waals surface area contributed by atoms with Crippen molar-refractivity contribution in [3.63, 3.8) is 0 Å². The normalized spacial score (nSPS) is 13.6. The van der Waals surface area contributed by atoms with Gasteiger partial charge in [0, 0.05) is 0 Å². The Labute approximate surface area is 83.5 Å². The average Bonchev–Trinajstić information content (AvgIpc) is 2.10. The Morgan fingerprint density at radius 1 is 1.23 bits per heavy atom. The third-order valence-corrected chi connectivity index (χ3v) is 2.59. The molecule has 0 heterocycles. The first-order valence-corrected chi connectivity index (χ1v) is 5.57. The van der Waals surface area contributed by atoms with Crippen LogP contribution >= 0.6 is 0 Å². The van der Waals surface area contributed by atoms with Crippen molar-refractivity contribution in [3.8, 4) is 0 Å². The average molecular weight is 186 g/mol. The molecule has 2 nitrogen and oxygen atoms in total. The smallest absolute Gasteiger partial charge is 0.00211 e. The molecular formula is C11H26N2. The van der Waals surface area contributed by atoms with Crippen molar-refractivity contribution in [2.75, 3.05) is 26.7 Å². The maximum atomic E-state index is 3.36. The quantitative estimate of drug-likeness (QED) is 0.566. The molecule has 0 aromatic heterocycles. The topological polar surface area (TPSA) is 24.1 Å². The molecule has 0 aromatic rings. The fraction of sp³-hybridized carbons (Fsp3) is 1.00. The van der Waals surface area contributed by atoms with Gasteiger partial charge >= 0.3 is 0 Å². The molecule has 0 spiro atoms. The van der Waals surface area contributed by atoms with Gasteiger partial charge in [0.15, 0.2) is 0 Å². The minimum absolute atomic E-state index is 0.800. The van der Waals surface area contributed by atoms with E-state index in [1.807, 2.05) is 7.05 Å². The summed E-state index contributed by atoms with van der Waals surface area (Å²) in [6.07, 6.45) is 2.64. The number of rotatable bonds is 8. The first-order valence-electron chi connectivity index (χ1n) is 5.57. The molecule has 0 saturated heterocycles. The first-order chi connectivity index (χ1) is 6.22. The predicted octanol–water partition coefficient (Wildman–Crippen LogP) is 1.87. The van der Waals surface area contributed by atoms with Gasteiger partial charge in [0.2, 0.25) is 0 Å². The van der Waals surface area contributed by atoms with Crippen LogP contribution in [0.15, 0.2) is 0 Å². The molecule has 2 N–H and O–H groups in total. The molecule has 1 atom stereocenters. The van der Waals surface area contributed by atoms with E-state index in [9.17, 15) is 0 Å². The zero-order valence-electron chi connectivity index (χ0n) is 9.69. The van der Waals surface area contributed by atoms with Crippen molar-refractivity contribution in [3.05, 3.63) is 0 Å². The highest BCUT2D eigenvalue weighted by atomic mass is 14.8. The van der Waals surface area contributed by atoms with Crippen LogP contribution in [0.3, 0.4) is 0 Å². The van der Waals surface area contributed by atoms with Gasteiger partial charge in [-0.15, -0.1) is 0 Å². The zero-order valence-corrected chi connectivity index (χ0v) is 9.69. The van der Waals surface area contributed by atoms with E-state index >= 15 is 0 Å². The molecule has 80 valence electrons. The summed E-state index contributed by atoms with van der Waals surface area (Å²) in [7, 11) is 2.04. The SMILES string of the molecule is CCNCCCC(CNC)C(C)C. The van der Waals surface area contributed by atoms with Gasteiger partial charge in [-0.25, -0.2) is 0 Å². The zero-order chi connectivity index (χ0) is 10.1. The van der Waals surface area contributed by atoms with E-state index in [0.29, 0.717) is 0 Å². The lowest BCUT2D eigenvalue weighted by Crippen LogP contribution is -2.24. The van der Waals surface area contributed by atoms with Crippen LogP contribution in [0.1, 0.15) is 33.6 Å². The highest BCUT2D eigenvalue weighted by Gasteiger charge is 2.11. The van der Waals surface area contributed by atoms with E-state index in [0.717, 1.165) is 24.9 Å². The second-order valence-electron chi connectivity index (χ2n) is 4.06. The fourth-order valence-corrected chi connectivity index (χ4v) is 1.60. The molecular weight excluding hydrogens is 160 g/mol. The first kappa shape index (κ1) is 12.9. The van der Waals surface area contributed by atoms with Crippen molar-refractivity contribution in [1.82, 2.24) is 10.6 Å². The molecule has 1 unspecified atom stereocenters. The fourth-order valence-electron chi connectivity index (χ4n) is 1.60. The molecule has 0 rings (SSSR count). The monoisotopic (exact) mass is 186 g/mol. The maximum Gasteiger partial charge on any atom is -0.00211 e. The second-order valence-corrected chi connectivity index (χ2v) is 4.06. The van der Waals surface area contributed by atoms with Gasteiger partial charge in [-0.2, -0.15) is 0 Å². The third kappa shape index (κ3) is 7.03. The molecule has 0 aliphatic rings. The summed E-state index contributed by atoms with van der Waals surface area (Å²) < 4.78 is 0. The lowest BCUT2D eigenvalue weighted by atomic mass is 9.91. The number of hydrogen-bond donors (Lipinski definition) is 2. The van der Waals surface area contributed by atoms with Crippen LogP contribution in [0.5, 0.6) is 0 Å². The van der Waals surface area contributed by atoms with Gasteiger partial charge in [0.1, 0.15) is 0 Å². The standard InChI is InChI=1S/C11H26N2/c1-5-13-8-6-7-11(9-12-4)10(2)3/h10-13H,5-9H2,1-4H3. The molecule has 0 aromatic carbocycles. The molecule has 0 radical (unpaired) electrons. The highest BCUT2D eigenvalue weighted by Crippen LogP contribution is 2.15. The minimum atomic E-state index is 0.800. The Morgan fingerprint density at radius 3 is 2.38 bits per heavy atom. The van der Waals surface area contributed by atoms with Gasteiger partial charge in [0.05, 0.1) is 0 Å².